The van der Waals surface area contributed by atoms with E-state index in [4.69, 9.17) is 0 Å². The van der Waals surface area contributed by atoms with Gasteiger partial charge in [-0.1, -0.05) is 6.07 Å². The SMILES string of the molecule is CCNc1ccc(CN(C)CC(F)F)cn1. The highest BCUT2D eigenvalue weighted by molar-refractivity contribution is 5.35. The highest BCUT2D eigenvalue weighted by Crippen LogP contribution is 2.07. The molecule has 0 amide bonds. The van der Waals surface area contributed by atoms with E-state index < -0.39 is 6.43 Å². The highest BCUT2D eigenvalue weighted by Gasteiger charge is 2.08. The van der Waals surface area contributed by atoms with Crippen molar-refractivity contribution in [3.05, 3.63) is 23.9 Å². The largest absolute Gasteiger partial charge is 0.370 e. The van der Waals surface area contributed by atoms with Crippen LogP contribution in [-0.4, -0.2) is 36.4 Å². The zero-order valence-corrected chi connectivity index (χ0v) is 9.58. The average molecular weight is 229 g/mol. The number of nitrogens with one attached hydrogen (secondary N) is 1. The summed E-state index contributed by atoms with van der Waals surface area (Å²) in [5, 5.41) is 3.08. The van der Waals surface area contributed by atoms with Gasteiger partial charge in [-0.3, -0.25) is 4.90 Å². The molecule has 1 aromatic rings. The molecule has 0 fully saturated rings. The maximum atomic E-state index is 12.1. The van der Waals surface area contributed by atoms with E-state index in [1.54, 1.807) is 18.1 Å². The molecule has 1 aromatic heterocycles. The Kier molecular flexibility index (Phi) is 5.11. The molecule has 0 aliphatic heterocycles. The lowest BCUT2D eigenvalue weighted by Gasteiger charge is -2.15. The minimum Gasteiger partial charge on any atom is -0.370 e. The lowest BCUT2D eigenvalue weighted by Crippen LogP contribution is -2.24. The van der Waals surface area contributed by atoms with Crippen LogP contribution in [0.3, 0.4) is 0 Å². The van der Waals surface area contributed by atoms with Crippen molar-refractivity contribution in [2.75, 3.05) is 25.5 Å². The summed E-state index contributed by atoms with van der Waals surface area (Å²) >= 11 is 0. The third-order valence-corrected chi connectivity index (χ3v) is 2.08. The number of anilines is 1. The first-order valence-electron chi connectivity index (χ1n) is 5.27. The minimum atomic E-state index is -2.29. The lowest BCUT2D eigenvalue weighted by molar-refractivity contribution is 0.0975. The number of alkyl halides is 2. The van der Waals surface area contributed by atoms with Crippen molar-refractivity contribution in [1.29, 1.82) is 0 Å². The van der Waals surface area contributed by atoms with Gasteiger partial charge in [0.25, 0.3) is 6.43 Å². The molecule has 0 radical (unpaired) electrons. The number of pyridine rings is 1. The maximum Gasteiger partial charge on any atom is 0.251 e. The van der Waals surface area contributed by atoms with Gasteiger partial charge in [-0.15, -0.1) is 0 Å². The molecule has 0 saturated heterocycles. The van der Waals surface area contributed by atoms with E-state index in [1.165, 1.54) is 0 Å². The van der Waals surface area contributed by atoms with Gasteiger partial charge < -0.3 is 5.32 Å². The maximum absolute atomic E-state index is 12.1. The molecule has 0 aliphatic carbocycles. The van der Waals surface area contributed by atoms with Gasteiger partial charge in [-0.25, -0.2) is 13.8 Å². The summed E-state index contributed by atoms with van der Waals surface area (Å²) in [5.74, 6) is 0.808. The number of hydrogen-bond acceptors (Lipinski definition) is 3. The number of rotatable bonds is 6. The van der Waals surface area contributed by atoms with Crippen molar-refractivity contribution in [1.82, 2.24) is 9.88 Å². The smallest absolute Gasteiger partial charge is 0.251 e. The molecule has 16 heavy (non-hydrogen) atoms. The van der Waals surface area contributed by atoms with Gasteiger partial charge in [0, 0.05) is 19.3 Å². The normalized spacial score (nSPS) is 11.1. The number of nitrogens with zero attached hydrogens (tertiary/aromatic N) is 2. The van der Waals surface area contributed by atoms with Crippen LogP contribution in [0, 0.1) is 0 Å². The quantitative estimate of drug-likeness (QED) is 0.810. The van der Waals surface area contributed by atoms with E-state index in [9.17, 15) is 8.78 Å². The fourth-order valence-corrected chi connectivity index (χ4v) is 1.42. The second kappa shape index (κ2) is 6.37. The van der Waals surface area contributed by atoms with Gasteiger partial charge in [0.1, 0.15) is 5.82 Å². The van der Waals surface area contributed by atoms with Crippen LogP contribution in [-0.2, 0) is 6.54 Å². The van der Waals surface area contributed by atoms with E-state index in [1.807, 2.05) is 19.1 Å². The molecule has 1 heterocycles. The predicted molar refractivity (Wildman–Crippen MR) is 60.7 cm³/mol. The second-order valence-electron chi connectivity index (χ2n) is 3.67. The molecule has 0 atom stereocenters. The Hall–Kier alpha value is -1.23. The first kappa shape index (κ1) is 12.8. The third-order valence-electron chi connectivity index (χ3n) is 2.08. The first-order chi connectivity index (χ1) is 7.61. The van der Waals surface area contributed by atoms with Crippen LogP contribution in [0.5, 0.6) is 0 Å². The zero-order valence-electron chi connectivity index (χ0n) is 9.58. The highest BCUT2D eigenvalue weighted by atomic mass is 19.3. The number of halogens is 2. The average Bonchev–Trinajstić information content (AvgIpc) is 2.20. The van der Waals surface area contributed by atoms with Crippen molar-refractivity contribution in [2.45, 2.75) is 19.9 Å². The summed E-state index contributed by atoms with van der Waals surface area (Å²) in [6.45, 7) is 3.09. The molecule has 1 rings (SSSR count). The van der Waals surface area contributed by atoms with Crippen LogP contribution in [0.25, 0.3) is 0 Å². The standard InChI is InChI=1S/C11H17F2N3/c1-3-14-11-5-4-9(6-15-11)7-16(2)8-10(12)13/h4-6,10H,3,7-8H2,1-2H3,(H,14,15). The summed E-state index contributed by atoms with van der Waals surface area (Å²) in [5.41, 5.74) is 0.935. The van der Waals surface area contributed by atoms with Gasteiger partial charge in [-0.05, 0) is 25.6 Å². The number of aromatic nitrogens is 1. The summed E-state index contributed by atoms with van der Waals surface area (Å²) < 4.78 is 24.2. The molecule has 0 unspecified atom stereocenters. The lowest BCUT2D eigenvalue weighted by atomic mass is 10.2. The Morgan fingerprint density at radius 3 is 2.69 bits per heavy atom. The van der Waals surface area contributed by atoms with E-state index in [0.29, 0.717) is 6.54 Å². The summed E-state index contributed by atoms with van der Waals surface area (Å²) in [6, 6.07) is 3.75. The molecule has 1 N–H and O–H groups in total. The van der Waals surface area contributed by atoms with E-state index in [0.717, 1.165) is 17.9 Å². The molecule has 0 bridgehead atoms. The van der Waals surface area contributed by atoms with Gasteiger partial charge in [0.15, 0.2) is 0 Å². The van der Waals surface area contributed by atoms with Crippen LogP contribution in [0.1, 0.15) is 12.5 Å². The zero-order chi connectivity index (χ0) is 12.0. The Balaban J connectivity index is 2.48. The van der Waals surface area contributed by atoms with Crippen LogP contribution in [0.15, 0.2) is 18.3 Å². The topological polar surface area (TPSA) is 28.2 Å². The minimum absolute atomic E-state index is 0.213. The van der Waals surface area contributed by atoms with Gasteiger partial charge in [0.2, 0.25) is 0 Å². The Morgan fingerprint density at radius 1 is 1.44 bits per heavy atom. The molecule has 5 heteroatoms. The fourth-order valence-electron chi connectivity index (χ4n) is 1.42. The monoisotopic (exact) mass is 229 g/mol. The molecule has 0 spiro atoms. The third kappa shape index (κ3) is 4.53. The molecule has 0 saturated carbocycles. The Labute approximate surface area is 94.5 Å². The molecular formula is C11H17F2N3. The van der Waals surface area contributed by atoms with E-state index >= 15 is 0 Å². The van der Waals surface area contributed by atoms with Crippen molar-refractivity contribution >= 4 is 5.82 Å². The Morgan fingerprint density at radius 2 is 2.19 bits per heavy atom. The Bertz CT molecular complexity index is 301. The van der Waals surface area contributed by atoms with Crippen molar-refractivity contribution in [3.63, 3.8) is 0 Å². The van der Waals surface area contributed by atoms with Gasteiger partial charge in [0.05, 0.1) is 6.54 Å². The van der Waals surface area contributed by atoms with Crippen molar-refractivity contribution in [3.8, 4) is 0 Å². The van der Waals surface area contributed by atoms with Gasteiger partial charge in [-0.2, -0.15) is 0 Å². The predicted octanol–water partition coefficient (Wildman–Crippen LogP) is 2.21. The number of hydrogen-bond donors (Lipinski definition) is 1. The summed E-state index contributed by atoms with van der Waals surface area (Å²) in [4.78, 5) is 5.75. The van der Waals surface area contributed by atoms with Crippen molar-refractivity contribution < 1.29 is 8.78 Å². The molecular weight excluding hydrogens is 212 g/mol. The first-order valence-corrected chi connectivity index (χ1v) is 5.27. The van der Waals surface area contributed by atoms with Crippen molar-refractivity contribution in [2.24, 2.45) is 0 Å². The van der Waals surface area contributed by atoms with Crippen LogP contribution in [0.2, 0.25) is 0 Å². The van der Waals surface area contributed by atoms with Crippen LogP contribution < -0.4 is 5.32 Å². The molecule has 3 nitrogen and oxygen atoms in total. The molecule has 90 valence electrons. The molecule has 0 aromatic carbocycles. The van der Waals surface area contributed by atoms with E-state index in [2.05, 4.69) is 10.3 Å². The summed E-state index contributed by atoms with van der Waals surface area (Å²) in [6.07, 6.45) is -0.584. The van der Waals surface area contributed by atoms with Crippen LogP contribution in [0.4, 0.5) is 14.6 Å². The van der Waals surface area contributed by atoms with Gasteiger partial charge >= 0.3 is 0 Å². The molecule has 0 aliphatic rings. The van der Waals surface area contributed by atoms with Crippen LogP contribution >= 0.6 is 0 Å². The summed E-state index contributed by atoms with van der Waals surface area (Å²) in [7, 11) is 1.67. The van der Waals surface area contributed by atoms with E-state index in [-0.39, 0.29) is 6.54 Å². The second-order valence-corrected chi connectivity index (χ2v) is 3.67. The fraction of sp³-hybridized carbons (Fsp3) is 0.545.